The highest BCUT2D eigenvalue weighted by Crippen LogP contribution is 2.18. The third kappa shape index (κ3) is 3.06. The standard InChI is InChI=1S/C17H15F2N3O/c1-10-20-15-7-11(3-6-16(15)22(10)2)8-17(23)21-12-4-5-13(18)14(19)9-12/h3-7,9H,8H2,1-2H3,(H,21,23). The van der Waals surface area contributed by atoms with E-state index < -0.39 is 11.6 Å². The summed E-state index contributed by atoms with van der Waals surface area (Å²) in [4.78, 5) is 16.5. The molecule has 0 bridgehead atoms. The second-order valence-electron chi connectivity index (χ2n) is 5.39. The number of rotatable bonds is 3. The molecule has 0 fully saturated rings. The Balaban J connectivity index is 1.75. The predicted octanol–water partition coefficient (Wildman–Crippen LogP) is 3.34. The van der Waals surface area contributed by atoms with Gasteiger partial charge in [0.05, 0.1) is 17.5 Å². The topological polar surface area (TPSA) is 46.9 Å². The number of anilines is 1. The van der Waals surface area contributed by atoms with Gasteiger partial charge in [0, 0.05) is 18.8 Å². The van der Waals surface area contributed by atoms with Gasteiger partial charge >= 0.3 is 0 Å². The molecule has 1 aromatic heterocycles. The molecule has 0 saturated heterocycles. The molecule has 0 atom stereocenters. The summed E-state index contributed by atoms with van der Waals surface area (Å²) in [5.74, 6) is -1.35. The summed E-state index contributed by atoms with van der Waals surface area (Å²) < 4.78 is 28.0. The van der Waals surface area contributed by atoms with Crippen LogP contribution in [0.4, 0.5) is 14.5 Å². The molecular formula is C17H15F2N3O. The fourth-order valence-corrected chi connectivity index (χ4v) is 2.44. The maximum atomic E-state index is 13.1. The predicted molar refractivity (Wildman–Crippen MR) is 84.1 cm³/mol. The molecule has 3 aromatic rings. The van der Waals surface area contributed by atoms with Gasteiger partial charge in [-0.1, -0.05) is 6.07 Å². The molecule has 0 unspecified atom stereocenters. The van der Waals surface area contributed by atoms with Crippen molar-refractivity contribution >= 4 is 22.6 Å². The Morgan fingerprint density at radius 2 is 1.96 bits per heavy atom. The van der Waals surface area contributed by atoms with E-state index in [9.17, 15) is 13.6 Å². The van der Waals surface area contributed by atoms with Crippen LogP contribution in [-0.4, -0.2) is 15.5 Å². The van der Waals surface area contributed by atoms with E-state index >= 15 is 0 Å². The van der Waals surface area contributed by atoms with Crippen LogP contribution in [0.3, 0.4) is 0 Å². The van der Waals surface area contributed by atoms with Crippen molar-refractivity contribution in [1.29, 1.82) is 0 Å². The van der Waals surface area contributed by atoms with Gasteiger partial charge in [-0.15, -0.1) is 0 Å². The first-order valence-corrected chi connectivity index (χ1v) is 7.11. The SMILES string of the molecule is Cc1nc2cc(CC(=O)Nc3ccc(F)c(F)c3)ccc2n1C. The summed E-state index contributed by atoms with van der Waals surface area (Å²) in [5.41, 5.74) is 2.84. The molecule has 0 radical (unpaired) electrons. The van der Waals surface area contributed by atoms with Gasteiger partial charge in [0.2, 0.25) is 5.91 Å². The molecule has 23 heavy (non-hydrogen) atoms. The first-order valence-electron chi connectivity index (χ1n) is 7.11. The minimum Gasteiger partial charge on any atom is -0.331 e. The Morgan fingerprint density at radius 1 is 1.17 bits per heavy atom. The van der Waals surface area contributed by atoms with Crippen LogP contribution in [0.1, 0.15) is 11.4 Å². The molecule has 0 aliphatic rings. The molecule has 0 aliphatic heterocycles. The Kier molecular flexibility index (Phi) is 3.82. The van der Waals surface area contributed by atoms with Crippen LogP contribution in [0.2, 0.25) is 0 Å². The number of halogens is 2. The first-order chi connectivity index (χ1) is 10.9. The Bertz CT molecular complexity index is 902. The third-order valence-electron chi connectivity index (χ3n) is 3.74. The number of amides is 1. The molecule has 3 rings (SSSR count). The van der Waals surface area contributed by atoms with E-state index in [1.54, 1.807) is 0 Å². The van der Waals surface area contributed by atoms with Gasteiger partial charge in [-0.05, 0) is 36.8 Å². The summed E-state index contributed by atoms with van der Waals surface area (Å²) in [6, 6.07) is 8.88. The van der Waals surface area contributed by atoms with Crippen LogP contribution >= 0.6 is 0 Å². The van der Waals surface area contributed by atoms with E-state index in [2.05, 4.69) is 10.3 Å². The van der Waals surface area contributed by atoms with E-state index in [-0.39, 0.29) is 18.0 Å². The lowest BCUT2D eigenvalue weighted by molar-refractivity contribution is -0.115. The van der Waals surface area contributed by atoms with Crippen molar-refractivity contribution in [3.8, 4) is 0 Å². The smallest absolute Gasteiger partial charge is 0.228 e. The zero-order valence-electron chi connectivity index (χ0n) is 12.7. The molecule has 1 amide bonds. The van der Waals surface area contributed by atoms with Crippen molar-refractivity contribution in [2.45, 2.75) is 13.3 Å². The number of imidazole rings is 1. The zero-order valence-corrected chi connectivity index (χ0v) is 12.7. The van der Waals surface area contributed by atoms with Crippen molar-refractivity contribution in [2.24, 2.45) is 7.05 Å². The number of aryl methyl sites for hydroxylation is 2. The van der Waals surface area contributed by atoms with Crippen LogP contribution in [0.25, 0.3) is 11.0 Å². The summed E-state index contributed by atoms with van der Waals surface area (Å²) in [6.45, 7) is 1.91. The summed E-state index contributed by atoms with van der Waals surface area (Å²) >= 11 is 0. The number of carbonyl (C=O) groups excluding carboxylic acids is 1. The lowest BCUT2D eigenvalue weighted by Crippen LogP contribution is -2.14. The Morgan fingerprint density at radius 3 is 2.70 bits per heavy atom. The van der Waals surface area contributed by atoms with Crippen LogP contribution in [0.15, 0.2) is 36.4 Å². The summed E-state index contributed by atoms with van der Waals surface area (Å²) in [7, 11) is 1.93. The highest BCUT2D eigenvalue weighted by Gasteiger charge is 2.09. The van der Waals surface area contributed by atoms with Crippen LogP contribution < -0.4 is 5.32 Å². The maximum absolute atomic E-state index is 13.1. The normalized spacial score (nSPS) is 11.0. The third-order valence-corrected chi connectivity index (χ3v) is 3.74. The summed E-state index contributed by atoms with van der Waals surface area (Å²) in [6.07, 6.45) is 0.130. The maximum Gasteiger partial charge on any atom is 0.228 e. The molecule has 2 aromatic carbocycles. The second-order valence-corrected chi connectivity index (χ2v) is 5.39. The molecule has 1 N–H and O–H groups in total. The summed E-state index contributed by atoms with van der Waals surface area (Å²) in [5, 5.41) is 2.55. The van der Waals surface area contributed by atoms with Crippen molar-refractivity contribution in [3.63, 3.8) is 0 Å². The highest BCUT2D eigenvalue weighted by atomic mass is 19.2. The van der Waals surface area contributed by atoms with Crippen molar-refractivity contribution in [3.05, 3.63) is 59.4 Å². The van der Waals surface area contributed by atoms with E-state index in [1.807, 2.05) is 36.7 Å². The Hall–Kier alpha value is -2.76. The lowest BCUT2D eigenvalue weighted by Gasteiger charge is -2.06. The minimum absolute atomic E-state index is 0.130. The number of fused-ring (bicyclic) bond motifs is 1. The van der Waals surface area contributed by atoms with Crippen LogP contribution in [0, 0.1) is 18.6 Å². The molecule has 6 heteroatoms. The molecule has 0 saturated carbocycles. The average Bonchev–Trinajstić information content (AvgIpc) is 2.77. The van der Waals surface area contributed by atoms with Crippen LogP contribution in [-0.2, 0) is 18.3 Å². The van der Waals surface area contributed by atoms with Crippen LogP contribution in [0.5, 0.6) is 0 Å². The largest absolute Gasteiger partial charge is 0.331 e. The first kappa shape index (κ1) is 15.1. The van der Waals surface area contributed by atoms with E-state index in [0.29, 0.717) is 0 Å². The fraction of sp³-hybridized carbons (Fsp3) is 0.176. The van der Waals surface area contributed by atoms with Crippen molar-refractivity contribution in [1.82, 2.24) is 9.55 Å². The zero-order chi connectivity index (χ0) is 16.6. The lowest BCUT2D eigenvalue weighted by atomic mass is 10.1. The number of benzene rings is 2. The fourth-order valence-electron chi connectivity index (χ4n) is 2.44. The number of nitrogens with one attached hydrogen (secondary N) is 1. The van der Waals surface area contributed by atoms with Crippen molar-refractivity contribution < 1.29 is 13.6 Å². The number of carbonyl (C=O) groups is 1. The number of hydrogen-bond donors (Lipinski definition) is 1. The van der Waals surface area contributed by atoms with Gasteiger partial charge in [-0.2, -0.15) is 0 Å². The van der Waals surface area contributed by atoms with Gasteiger partial charge in [0.15, 0.2) is 11.6 Å². The van der Waals surface area contributed by atoms with E-state index in [0.717, 1.165) is 34.6 Å². The van der Waals surface area contributed by atoms with E-state index in [4.69, 9.17) is 0 Å². The average molecular weight is 315 g/mol. The number of hydrogen-bond acceptors (Lipinski definition) is 2. The molecule has 0 aliphatic carbocycles. The quantitative estimate of drug-likeness (QED) is 0.806. The Labute approximate surface area is 131 Å². The number of aromatic nitrogens is 2. The molecule has 0 spiro atoms. The molecule has 118 valence electrons. The molecule has 4 nitrogen and oxygen atoms in total. The molecule has 1 heterocycles. The van der Waals surface area contributed by atoms with Crippen molar-refractivity contribution in [2.75, 3.05) is 5.32 Å². The van der Waals surface area contributed by atoms with Gasteiger partial charge < -0.3 is 9.88 Å². The van der Waals surface area contributed by atoms with Gasteiger partial charge in [-0.25, -0.2) is 13.8 Å². The second kappa shape index (κ2) is 5.79. The van der Waals surface area contributed by atoms with Gasteiger partial charge in [-0.3, -0.25) is 4.79 Å². The van der Waals surface area contributed by atoms with Gasteiger partial charge in [0.25, 0.3) is 0 Å². The minimum atomic E-state index is -0.992. The monoisotopic (exact) mass is 315 g/mol. The van der Waals surface area contributed by atoms with Gasteiger partial charge in [0.1, 0.15) is 5.82 Å². The highest BCUT2D eigenvalue weighted by molar-refractivity contribution is 5.92. The molecular weight excluding hydrogens is 300 g/mol. The van der Waals surface area contributed by atoms with E-state index in [1.165, 1.54) is 6.07 Å². The number of nitrogens with zero attached hydrogens (tertiary/aromatic N) is 2.